The summed E-state index contributed by atoms with van der Waals surface area (Å²) in [4.78, 5) is -0.0733. The van der Waals surface area contributed by atoms with E-state index in [1.54, 1.807) is 13.2 Å². The van der Waals surface area contributed by atoms with E-state index in [2.05, 4.69) is 15.9 Å². The summed E-state index contributed by atoms with van der Waals surface area (Å²) in [6.07, 6.45) is 0. The molecule has 1 aromatic carbocycles. The van der Waals surface area contributed by atoms with Gasteiger partial charge in [-0.2, -0.15) is 0 Å². The lowest BCUT2D eigenvalue weighted by Gasteiger charge is -2.15. The first kappa shape index (κ1) is 15.7. The Morgan fingerprint density at radius 3 is 2.25 bits per heavy atom. The van der Waals surface area contributed by atoms with Crippen LogP contribution >= 0.6 is 39.1 Å². The van der Waals surface area contributed by atoms with Crippen molar-refractivity contribution >= 4 is 39.1 Å². The van der Waals surface area contributed by atoms with Gasteiger partial charge in [-0.3, -0.25) is 0 Å². The predicted molar refractivity (Wildman–Crippen MR) is 86.7 cm³/mol. The smallest absolute Gasteiger partial charge is 0.138 e. The zero-order valence-corrected chi connectivity index (χ0v) is 14.8. The van der Waals surface area contributed by atoms with E-state index in [1.165, 1.54) is 0 Å². The number of halogens is 3. The fourth-order valence-corrected chi connectivity index (χ4v) is 3.92. The molecule has 2 aromatic rings. The highest BCUT2D eigenvalue weighted by Crippen LogP contribution is 2.43. The van der Waals surface area contributed by atoms with E-state index < -0.39 is 0 Å². The summed E-state index contributed by atoms with van der Waals surface area (Å²) in [5.74, 6) is 2.36. The number of rotatable bonds is 3. The summed E-state index contributed by atoms with van der Waals surface area (Å²) >= 11 is 16.2. The van der Waals surface area contributed by atoms with E-state index in [0.717, 1.165) is 28.2 Å². The van der Waals surface area contributed by atoms with Gasteiger partial charge in [0.2, 0.25) is 0 Å². The molecular weight excluding hydrogens is 363 g/mol. The van der Waals surface area contributed by atoms with E-state index in [-0.39, 0.29) is 4.83 Å². The van der Waals surface area contributed by atoms with Crippen LogP contribution in [0.15, 0.2) is 16.5 Å². The third kappa shape index (κ3) is 2.72. The number of hydrogen-bond donors (Lipinski definition) is 0. The third-order valence-electron chi connectivity index (χ3n) is 3.42. The van der Waals surface area contributed by atoms with Crippen LogP contribution in [0.1, 0.15) is 33.0 Å². The molecular formula is C15H15BrCl2O2. The van der Waals surface area contributed by atoms with Crippen LogP contribution in [0.25, 0.3) is 0 Å². The van der Waals surface area contributed by atoms with Crippen LogP contribution in [0, 0.1) is 20.8 Å². The molecule has 1 unspecified atom stereocenters. The number of hydrogen-bond acceptors (Lipinski definition) is 2. The summed E-state index contributed by atoms with van der Waals surface area (Å²) in [5.41, 5.74) is 3.10. The number of furan rings is 1. The number of benzene rings is 1. The summed E-state index contributed by atoms with van der Waals surface area (Å²) in [5, 5.41) is 1.14. The molecule has 0 bridgehead atoms. The SMILES string of the molecule is COc1cc(Cl)c(C(Br)c2c(C)oc(C)c2C)cc1Cl. The highest BCUT2D eigenvalue weighted by Gasteiger charge is 2.23. The van der Waals surface area contributed by atoms with Crippen molar-refractivity contribution in [1.82, 2.24) is 0 Å². The van der Waals surface area contributed by atoms with Crippen LogP contribution in [0.4, 0.5) is 0 Å². The Bertz CT molecular complexity index is 650. The molecule has 5 heteroatoms. The molecule has 0 aliphatic rings. The van der Waals surface area contributed by atoms with E-state index in [9.17, 15) is 0 Å². The topological polar surface area (TPSA) is 22.4 Å². The van der Waals surface area contributed by atoms with Crippen molar-refractivity contribution in [2.45, 2.75) is 25.6 Å². The molecule has 0 aliphatic heterocycles. The second-order valence-corrected chi connectivity index (χ2v) is 6.35. The Hall–Kier alpha value is -0.640. The molecule has 0 saturated heterocycles. The van der Waals surface area contributed by atoms with Gasteiger partial charge in [-0.15, -0.1) is 0 Å². The van der Waals surface area contributed by atoms with Gasteiger partial charge in [-0.1, -0.05) is 39.1 Å². The summed E-state index contributed by atoms with van der Waals surface area (Å²) in [6.45, 7) is 5.94. The number of ether oxygens (including phenoxy) is 1. The van der Waals surface area contributed by atoms with E-state index >= 15 is 0 Å². The zero-order valence-electron chi connectivity index (χ0n) is 11.7. The maximum Gasteiger partial charge on any atom is 0.138 e. The molecule has 1 atom stereocenters. The van der Waals surface area contributed by atoms with Gasteiger partial charge in [0, 0.05) is 16.7 Å². The number of aryl methyl sites for hydroxylation is 2. The van der Waals surface area contributed by atoms with E-state index in [4.69, 9.17) is 32.4 Å². The minimum atomic E-state index is -0.0733. The first-order valence-corrected chi connectivity index (χ1v) is 7.77. The van der Waals surface area contributed by atoms with Gasteiger partial charge >= 0.3 is 0 Å². The molecule has 2 rings (SSSR count). The quantitative estimate of drug-likeness (QED) is 0.611. The third-order valence-corrected chi connectivity index (χ3v) is 4.99. The van der Waals surface area contributed by atoms with Gasteiger partial charge < -0.3 is 9.15 Å². The van der Waals surface area contributed by atoms with Gasteiger partial charge in [0.25, 0.3) is 0 Å². The Labute approximate surface area is 137 Å². The number of methoxy groups -OCH3 is 1. The lowest BCUT2D eigenvalue weighted by Crippen LogP contribution is -1.98. The molecule has 0 fully saturated rings. The molecule has 20 heavy (non-hydrogen) atoms. The molecule has 0 spiro atoms. The molecule has 1 aromatic heterocycles. The normalized spacial score (nSPS) is 12.6. The first-order chi connectivity index (χ1) is 9.36. The molecule has 0 radical (unpaired) electrons. The van der Waals surface area contributed by atoms with Crippen molar-refractivity contribution in [2.75, 3.05) is 7.11 Å². The fraction of sp³-hybridized carbons (Fsp3) is 0.333. The van der Waals surface area contributed by atoms with Crippen LogP contribution in [0.3, 0.4) is 0 Å². The molecule has 0 amide bonds. The van der Waals surface area contributed by atoms with Crippen molar-refractivity contribution in [2.24, 2.45) is 0 Å². The molecule has 1 heterocycles. The number of alkyl halides is 1. The Morgan fingerprint density at radius 1 is 1.10 bits per heavy atom. The lowest BCUT2D eigenvalue weighted by atomic mass is 10.0. The van der Waals surface area contributed by atoms with E-state index in [0.29, 0.717) is 15.8 Å². The van der Waals surface area contributed by atoms with Crippen molar-refractivity contribution in [3.8, 4) is 5.75 Å². The van der Waals surface area contributed by atoms with Crippen LogP contribution in [-0.2, 0) is 0 Å². The van der Waals surface area contributed by atoms with Crippen molar-refractivity contribution < 1.29 is 9.15 Å². The van der Waals surface area contributed by atoms with Gasteiger partial charge in [0.15, 0.2) is 0 Å². The lowest BCUT2D eigenvalue weighted by molar-refractivity contribution is 0.415. The highest BCUT2D eigenvalue weighted by atomic mass is 79.9. The van der Waals surface area contributed by atoms with Gasteiger partial charge in [-0.25, -0.2) is 0 Å². The summed E-state index contributed by atoms with van der Waals surface area (Å²) < 4.78 is 10.8. The Kier molecular flexibility index (Phi) is 4.73. The summed E-state index contributed by atoms with van der Waals surface area (Å²) in [6, 6.07) is 3.55. The highest BCUT2D eigenvalue weighted by molar-refractivity contribution is 9.09. The van der Waals surface area contributed by atoms with Gasteiger partial charge in [-0.05, 0) is 38.0 Å². The summed E-state index contributed by atoms with van der Waals surface area (Å²) in [7, 11) is 1.57. The fourth-order valence-electron chi connectivity index (χ4n) is 2.23. The average Bonchev–Trinajstić information content (AvgIpc) is 2.65. The van der Waals surface area contributed by atoms with Gasteiger partial charge in [0.05, 0.1) is 17.0 Å². The first-order valence-electron chi connectivity index (χ1n) is 6.10. The van der Waals surface area contributed by atoms with Crippen molar-refractivity contribution in [3.63, 3.8) is 0 Å². The molecule has 2 nitrogen and oxygen atoms in total. The monoisotopic (exact) mass is 376 g/mol. The van der Waals surface area contributed by atoms with Crippen molar-refractivity contribution in [1.29, 1.82) is 0 Å². The molecule has 0 N–H and O–H groups in total. The largest absolute Gasteiger partial charge is 0.495 e. The van der Waals surface area contributed by atoms with Crippen LogP contribution in [0.2, 0.25) is 10.0 Å². The molecule has 0 aliphatic carbocycles. The maximum absolute atomic E-state index is 6.34. The Balaban J connectivity index is 2.53. The van der Waals surface area contributed by atoms with Gasteiger partial charge in [0.1, 0.15) is 17.3 Å². The second kappa shape index (κ2) is 6.00. The molecule has 0 saturated carbocycles. The van der Waals surface area contributed by atoms with Crippen LogP contribution in [0.5, 0.6) is 5.75 Å². The predicted octanol–water partition coefficient (Wildman–Crippen LogP) is 6.00. The minimum absolute atomic E-state index is 0.0733. The maximum atomic E-state index is 6.34. The molecule has 108 valence electrons. The minimum Gasteiger partial charge on any atom is -0.495 e. The van der Waals surface area contributed by atoms with Crippen LogP contribution < -0.4 is 4.74 Å². The standard InChI is InChI=1S/C15H15BrCl2O2/c1-7-8(2)20-9(3)14(7)15(16)10-5-12(18)13(19-4)6-11(10)17/h5-6,15H,1-4H3. The zero-order chi connectivity index (χ0) is 15.0. The van der Waals surface area contributed by atoms with E-state index in [1.807, 2.05) is 26.8 Å². The van der Waals surface area contributed by atoms with Crippen LogP contribution in [-0.4, -0.2) is 7.11 Å². The average molecular weight is 378 g/mol. The Morgan fingerprint density at radius 2 is 1.75 bits per heavy atom. The second-order valence-electron chi connectivity index (χ2n) is 4.62. The van der Waals surface area contributed by atoms with Crippen molar-refractivity contribution in [3.05, 3.63) is 50.4 Å².